The molecule has 0 heterocycles. The molecule has 0 rings (SSSR count). The standard InChI is InChI=1S/C70H122O6/c1-4-7-10-13-16-19-22-25-28-31-33-34-35-36-38-39-42-45-48-51-54-57-60-63-69(72)75-66-67(65-74-68(71)62-59-56-53-50-47-44-41-30-27-24-21-18-15-12-9-6-3)76-70(73)64-61-58-55-52-49-46-43-40-37-32-29-26-23-20-17-14-11-8-5-2/h7,10,16-17,19-20,25-26,28-29,33-34,37,40,67H,4-6,8-9,11-15,18,21-24,27,30-32,35-36,38-39,41-66H2,1-3H3/b10-7-,19-16-,20-17-,28-25-,29-26-,34-33-,40-37-. The van der Waals surface area contributed by atoms with Crippen LogP contribution in [0.3, 0.4) is 0 Å². The molecule has 1 unspecified atom stereocenters. The molecule has 1 atom stereocenters. The van der Waals surface area contributed by atoms with Crippen molar-refractivity contribution in [1.82, 2.24) is 0 Å². The average molecular weight is 1060 g/mol. The van der Waals surface area contributed by atoms with E-state index in [1.54, 1.807) is 0 Å². The number of esters is 3. The summed E-state index contributed by atoms with van der Waals surface area (Å²) in [4.78, 5) is 38.4. The molecule has 0 radical (unpaired) electrons. The van der Waals surface area contributed by atoms with Gasteiger partial charge in [-0.2, -0.15) is 0 Å². The highest BCUT2D eigenvalue weighted by molar-refractivity contribution is 5.71. The number of hydrogen-bond donors (Lipinski definition) is 0. The van der Waals surface area contributed by atoms with Gasteiger partial charge in [-0.25, -0.2) is 0 Å². The van der Waals surface area contributed by atoms with Crippen LogP contribution in [-0.2, 0) is 28.6 Å². The molecular weight excluding hydrogens is 937 g/mol. The van der Waals surface area contributed by atoms with Crippen LogP contribution in [0.25, 0.3) is 0 Å². The van der Waals surface area contributed by atoms with Crippen LogP contribution in [0.4, 0.5) is 0 Å². The fourth-order valence-corrected chi connectivity index (χ4v) is 9.27. The topological polar surface area (TPSA) is 78.9 Å². The minimum atomic E-state index is -0.785. The van der Waals surface area contributed by atoms with E-state index in [-0.39, 0.29) is 31.1 Å². The zero-order valence-electron chi connectivity index (χ0n) is 50.3. The van der Waals surface area contributed by atoms with E-state index in [1.165, 1.54) is 173 Å². The summed E-state index contributed by atoms with van der Waals surface area (Å²) >= 11 is 0. The number of allylic oxidation sites excluding steroid dienone is 14. The molecule has 0 aromatic rings. The second-order valence-electron chi connectivity index (χ2n) is 21.6. The molecule has 438 valence electrons. The van der Waals surface area contributed by atoms with Crippen molar-refractivity contribution in [3.05, 3.63) is 85.1 Å². The Bertz CT molecular complexity index is 1450. The van der Waals surface area contributed by atoms with E-state index < -0.39 is 6.10 Å². The van der Waals surface area contributed by atoms with E-state index in [0.29, 0.717) is 19.3 Å². The summed E-state index contributed by atoms with van der Waals surface area (Å²) in [5.74, 6) is -0.882. The first-order chi connectivity index (χ1) is 37.5. The van der Waals surface area contributed by atoms with Gasteiger partial charge >= 0.3 is 17.9 Å². The van der Waals surface area contributed by atoms with Gasteiger partial charge in [0.1, 0.15) is 13.2 Å². The largest absolute Gasteiger partial charge is 0.462 e. The average Bonchev–Trinajstić information content (AvgIpc) is 3.42. The molecular formula is C70H122O6. The molecule has 0 aromatic carbocycles. The van der Waals surface area contributed by atoms with Crippen LogP contribution >= 0.6 is 0 Å². The Morgan fingerprint density at radius 1 is 0.276 bits per heavy atom. The first-order valence-corrected chi connectivity index (χ1v) is 32.6. The van der Waals surface area contributed by atoms with Gasteiger partial charge in [0, 0.05) is 19.3 Å². The zero-order valence-corrected chi connectivity index (χ0v) is 50.3. The quantitative estimate of drug-likeness (QED) is 0.0261. The molecule has 0 amide bonds. The fraction of sp³-hybridized carbons (Fsp3) is 0.757. The van der Waals surface area contributed by atoms with E-state index in [1.807, 2.05) is 0 Å². The summed E-state index contributed by atoms with van der Waals surface area (Å²) in [6.45, 7) is 6.53. The Hall–Kier alpha value is -3.41. The van der Waals surface area contributed by atoms with Crippen molar-refractivity contribution in [3.63, 3.8) is 0 Å². The molecule has 0 saturated heterocycles. The van der Waals surface area contributed by atoms with E-state index in [2.05, 4.69) is 106 Å². The Balaban J connectivity index is 4.38. The summed E-state index contributed by atoms with van der Waals surface area (Å²) in [7, 11) is 0. The number of hydrogen-bond acceptors (Lipinski definition) is 6. The van der Waals surface area contributed by atoms with Gasteiger partial charge in [0.25, 0.3) is 0 Å². The minimum absolute atomic E-state index is 0.0801. The molecule has 0 N–H and O–H groups in total. The first kappa shape index (κ1) is 72.6. The van der Waals surface area contributed by atoms with E-state index in [4.69, 9.17) is 14.2 Å². The van der Waals surface area contributed by atoms with Crippen molar-refractivity contribution in [2.45, 2.75) is 329 Å². The second kappa shape index (κ2) is 64.1. The molecule has 0 aliphatic heterocycles. The molecule has 0 bridgehead atoms. The third-order valence-corrected chi connectivity index (χ3v) is 14.1. The summed E-state index contributed by atoms with van der Waals surface area (Å²) in [5.41, 5.74) is 0. The van der Waals surface area contributed by atoms with Crippen LogP contribution in [-0.4, -0.2) is 37.2 Å². The molecule has 6 nitrogen and oxygen atoms in total. The lowest BCUT2D eigenvalue weighted by atomic mass is 10.0. The number of ether oxygens (including phenoxy) is 3. The van der Waals surface area contributed by atoms with Gasteiger partial charge in [0.05, 0.1) is 0 Å². The third kappa shape index (κ3) is 61.4. The molecule has 0 aliphatic carbocycles. The van der Waals surface area contributed by atoms with Crippen LogP contribution in [0.15, 0.2) is 85.1 Å². The molecule has 6 heteroatoms. The normalized spacial score (nSPS) is 12.6. The van der Waals surface area contributed by atoms with Gasteiger partial charge in [-0.1, -0.05) is 292 Å². The maximum absolute atomic E-state index is 12.9. The van der Waals surface area contributed by atoms with E-state index >= 15 is 0 Å². The maximum Gasteiger partial charge on any atom is 0.306 e. The Morgan fingerprint density at radius 2 is 0.513 bits per heavy atom. The van der Waals surface area contributed by atoms with Crippen LogP contribution < -0.4 is 0 Å². The van der Waals surface area contributed by atoms with Gasteiger partial charge in [-0.05, 0) is 96.3 Å². The van der Waals surface area contributed by atoms with Crippen molar-refractivity contribution in [2.75, 3.05) is 13.2 Å². The molecule has 0 aromatic heterocycles. The summed E-state index contributed by atoms with van der Waals surface area (Å²) < 4.78 is 17.0. The van der Waals surface area contributed by atoms with Crippen LogP contribution in [0, 0.1) is 0 Å². The number of carbonyl (C=O) groups is 3. The highest BCUT2D eigenvalue weighted by Gasteiger charge is 2.19. The van der Waals surface area contributed by atoms with Crippen LogP contribution in [0.2, 0.25) is 0 Å². The SMILES string of the molecule is CC/C=C\C/C=C\C/C=C\C/C=C\CCCCCCCCCCCCC(=O)OCC(COC(=O)CCCCCCCCCCCCCCCCCC)OC(=O)CCCCCCCC/C=C\C/C=C\C/C=C\CCCCC. The van der Waals surface area contributed by atoms with Crippen molar-refractivity contribution < 1.29 is 28.6 Å². The minimum Gasteiger partial charge on any atom is -0.462 e. The summed E-state index contributed by atoms with van der Waals surface area (Å²) in [6, 6.07) is 0. The first-order valence-electron chi connectivity index (χ1n) is 32.6. The van der Waals surface area contributed by atoms with Gasteiger partial charge in [-0.15, -0.1) is 0 Å². The lowest BCUT2D eigenvalue weighted by Gasteiger charge is -2.18. The van der Waals surface area contributed by atoms with Gasteiger partial charge in [0.15, 0.2) is 6.10 Å². The summed E-state index contributed by atoms with van der Waals surface area (Å²) in [5, 5.41) is 0. The van der Waals surface area contributed by atoms with Crippen molar-refractivity contribution >= 4 is 17.9 Å². The van der Waals surface area contributed by atoms with Crippen molar-refractivity contribution in [1.29, 1.82) is 0 Å². The number of unbranched alkanes of at least 4 members (excludes halogenated alkanes) is 34. The molecule has 76 heavy (non-hydrogen) atoms. The Kier molecular flexibility index (Phi) is 61.2. The Morgan fingerprint density at radius 3 is 0.829 bits per heavy atom. The van der Waals surface area contributed by atoms with Gasteiger partial charge < -0.3 is 14.2 Å². The molecule has 0 spiro atoms. The summed E-state index contributed by atoms with van der Waals surface area (Å²) in [6.07, 6.45) is 84.4. The molecule has 0 aliphatic rings. The molecule has 0 fully saturated rings. The predicted molar refractivity (Wildman–Crippen MR) is 330 cm³/mol. The van der Waals surface area contributed by atoms with Gasteiger partial charge in [-0.3, -0.25) is 14.4 Å². The second-order valence-corrected chi connectivity index (χ2v) is 21.6. The lowest BCUT2D eigenvalue weighted by molar-refractivity contribution is -0.167. The maximum atomic E-state index is 12.9. The smallest absolute Gasteiger partial charge is 0.306 e. The third-order valence-electron chi connectivity index (χ3n) is 14.1. The zero-order chi connectivity index (χ0) is 55.0. The lowest BCUT2D eigenvalue weighted by Crippen LogP contribution is -2.30. The van der Waals surface area contributed by atoms with Crippen molar-refractivity contribution in [2.24, 2.45) is 0 Å². The van der Waals surface area contributed by atoms with E-state index in [0.717, 1.165) is 109 Å². The predicted octanol–water partition coefficient (Wildman–Crippen LogP) is 22.3. The van der Waals surface area contributed by atoms with Gasteiger partial charge in [0.2, 0.25) is 0 Å². The van der Waals surface area contributed by atoms with Crippen LogP contribution in [0.5, 0.6) is 0 Å². The highest BCUT2D eigenvalue weighted by Crippen LogP contribution is 2.17. The number of carbonyl (C=O) groups excluding carboxylic acids is 3. The fourth-order valence-electron chi connectivity index (χ4n) is 9.27. The number of rotatable bonds is 59. The Labute approximate surface area is 471 Å². The van der Waals surface area contributed by atoms with Crippen molar-refractivity contribution in [3.8, 4) is 0 Å². The monoisotopic (exact) mass is 1060 g/mol. The molecule has 0 saturated carbocycles. The van der Waals surface area contributed by atoms with E-state index in [9.17, 15) is 14.4 Å². The highest BCUT2D eigenvalue weighted by atomic mass is 16.6. The van der Waals surface area contributed by atoms with Crippen LogP contribution in [0.1, 0.15) is 323 Å².